The predicted octanol–water partition coefficient (Wildman–Crippen LogP) is 2.24. The summed E-state index contributed by atoms with van der Waals surface area (Å²) in [5, 5.41) is 3.44. The molecule has 0 aromatic rings. The number of hydrogen-bond acceptors (Lipinski definition) is 3. The van der Waals surface area contributed by atoms with Crippen molar-refractivity contribution in [2.75, 3.05) is 26.2 Å². The van der Waals surface area contributed by atoms with Gasteiger partial charge in [0, 0.05) is 12.6 Å². The lowest BCUT2D eigenvalue weighted by Gasteiger charge is -2.33. The molecule has 2 atom stereocenters. The van der Waals surface area contributed by atoms with E-state index in [0.29, 0.717) is 24.5 Å². The molecule has 2 unspecified atom stereocenters. The fraction of sp³-hybridized carbons (Fsp3) is 0.929. The van der Waals surface area contributed by atoms with Crippen LogP contribution in [-0.2, 0) is 4.74 Å². The molecule has 0 aliphatic carbocycles. The number of nitrogens with zero attached hydrogens (tertiary/aromatic N) is 1. The molecule has 1 amide bonds. The topological polar surface area (TPSA) is 41.6 Å². The van der Waals surface area contributed by atoms with Crippen molar-refractivity contribution in [1.82, 2.24) is 10.2 Å². The van der Waals surface area contributed by atoms with Crippen LogP contribution in [-0.4, -0.2) is 43.3 Å². The normalized spacial score (nSPS) is 28.7. The van der Waals surface area contributed by atoms with Crippen molar-refractivity contribution in [1.29, 1.82) is 0 Å². The maximum absolute atomic E-state index is 12.1. The van der Waals surface area contributed by atoms with E-state index in [9.17, 15) is 4.79 Å². The number of amides is 1. The minimum atomic E-state index is -0.100. The van der Waals surface area contributed by atoms with Crippen LogP contribution >= 0.6 is 0 Å². The van der Waals surface area contributed by atoms with Crippen LogP contribution in [0.1, 0.15) is 39.5 Å². The van der Waals surface area contributed by atoms with E-state index < -0.39 is 0 Å². The zero-order valence-corrected chi connectivity index (χ0v) is 11.7. The average Bonchev–Trinajstić information content (AvgIpc) is 2.86. The first-order valence-electron chi connectivity index (χ1n) is 7.32. The molecule has 2 aliphatic rings. The number of piperidine rings is 1. The van der Waals surface area contributed by atoms with Crippen LogP contribution in [0, 0.1) is 11.8 Å². The molecule has 2 saturated heterocycles. The van der Waals surface area contributed by atoms with Crippen LogP contribution in [0.2, 0.25) is 0 Å². The van der Waals surface area contributed by atoms with Gasteiger partial charge in [0.25, 0.3) is 0 Å². The molecule has 0 bridgehead atoms. The first-order chi connectivity index (χ1) is 8.68. The van der Waals surface area contributed by atoms with Crippen molar-refractivity contribution in [2.24, 2.45) is 11.8 Å². The Morgan fingerprint density at radius 3 is 2.89 bits per heavy atom. The number of hydrogen-bond donors (Lipinski definition) is 1. The third-order valence-electron chi connectivity index (χ3n) is 3.95. The fourth-order valence-corrected chi connectivity index (χ4v) is 3.04. The third kappa shape index (κ3) is 3.37. The van der Waals surface area contributed by atoms with Crippen LogP contribution in [0.15, 0.2) is 0 Å². The summed E-state index contributed by atoms with van der Waals surface area (Å²) in [5.74, 6) is 1.03. The zero-order valence-electron chi connectivity index (χ0n) is 11.7. The monoisotopic (exact) mass is 254 g/mol. The van der Waals surface area contributed by atoms with Crippen LogP contribution in [0.4, 0.5) is 4.79 Å². The van der Waals surface area contributed by atoms with Crippen molar-refractivity contribution < 1.29 is 9.53 Å². The number of ether oxygens (including phenoxy) is 1. The summed E-state index contributed by atoms with van der Waals surface area (Å²) in [6.45, 7) is 7.72. The van der Waals surface area contributed by atoms with Crippen LogP contribution in [0.3, 0.4) is 0 Å². The van der Waals surface area contributed by atoms with E-state index in [0.717, 1.165) is 32.5 Å². The smallest absolute Gasteiger partial charge is 0.410 e. The van der Waals surface area contributed by atoms with Gasteiger partial charge in [-0.05, 0) is 50.6 Å². The van der Waals surface area contributed by atoms with Gasteiger partial charge in [0.05, 0.1) is 6.61 Å². The molecule has 2 heterocycles. The molecule has 4 nitrogen and oxygen atoms in total. The zero-order chi connectivity index (χ0) is 13.0. The SMILES string of the molecule is CC(C)COC(=O)N1CCCC1C1CCCNC1. The Balaban J connectivity index is 1.87. The van der Waals surface area contributed by atoms with Gasteiger partial charge in [0.1, 0.15) is 0 Å². The van der Waals surface area contributed by atoms with Crippen molar-refractivity contribution >= 4 is 6.09 Å². The molecule has 0 radical (unpaired) electrons. The molecule has 18 heavy (non-hydrogen) atoms. The molecule has 104 valence electrons. The van der Waals surface area contributed by atoms with E-state index in [2.05, 4.69) is 19.2 Å². The molecular weight excluding hydrogens is 228 g/mol. The van der Waals surface area contributed by atoms with Gasteiger partial charge in [-0.2, -0.15) is 0 Å². The van der Waals surface area contributed by atoms with Crippen molar-refractivity contribution in [2.45, 2.75) is 45.6 Å². The van der Waals surface area contributed by atoms with E-state index in [-0.39, 0.29) is 6.09 Å². The first kappa shape index (κ1) is 13.7. The van der Waals surface area contributed by atoms with Gasteiger partial charge in [-0.25, -0.2) is 4.79 Å². The van der Waals surface area contributed by atoms with Gasteiger partial charge >= 0.3 is 6.09 Å². The second kappa shape index (κ2) is 6.41. The van der Waals surface area contributed by atoms with Gasteiger partial charge in [0.2, 0.25) is 0 Å². The average molecular weight is 254 g/mol. The number of likely N-dealkylation sites (tertiary alicyclic amines) is 1. The molecule has 2 rings (SSSR count). The van der Waals surface area contributed by atoms with E-state index in [1.54, 1.807) is 0 Å². The Hall–Kier alpha value is -0.770. The Bertz CT molecular complexity index is 275. The predicted molar refractivity (Wildman–Crippen MR) is 71.5 cm³/mol. The fourth-order valence-electron chi connectivity index (χ4n) is 3.04. The summed E-state index contributed by atoms with van der Waals surface area (Å²) >= 11 is 0. The minimum Gasteiger partial charge on any atom is -0.449 e. The minimum absolute atomic E-state index is 0.100. The molecule has 0 spiro atoms. The molecule has 2 fully saturated rings. The van der Waals surface area contributed by atoms with E-state index in [4.69, 9.17) is 4.74 Å². The Morgan fingerprint density at radius 1 is 1.39 bits per heavy atom. The second-order valence-corrected chi connectivity index (χ2v) is 5.98. The van der Waals surface area contributed by atoms with Gasteiger partial charge in [-0.3, -0.25) is 0 Å². The second-order valence-electron chi connectivity index (χ2n) is 5.98. The molecule has 0 aromatic heterocycles. The molecule has 2 aliphatic heterocycles. The number of rotatable bonds is 3. The summed E-state index contributed by atoms with van der Waals surface area (Å²) in [6, 6.07) is 0.400. The van der Waals surface area contributed by atoms with E-state index in [1.165, 1.54) is 12.8 Å². The van der Waals surface area contributed by atoms with Gasteiger partial charge in [0.15, 0.2) is 0 Å². The van der Waals surface area contributed by atoms with Gasteiger partial charge in [-0.1, -0.05) is 13.8 Å². The van der Waals surface area contributed by atoms with E-state index in [1.807, 2.05) is 4.90 Å². The quantitative estimate of drug-likeness (QED) is 0.840. The maximum Gasteiger partial charge on any atom is 0.410 e. The summed E-state index contributed by atoms with van der Waals surface area (Å²) in [4.78, 5) is 14.1. The summed E-state index contributed by atoms with van der Waals surface area (Å²) in [7, 11) is 0. The number of carbonyl (C=O) groups is 1. The standard InChI is InChI=1S/C14H26N2O2/c1-11(2)10-18-14(17)16-8-4-6-13(16)12-5-3-7-15-9-12/h11-13,15H,3-10H2,1-2H3. The largest absolute Gasteiger partial charge is 0.449 e. The first-order valence-corrected chi connectivity index (χ1v) is 7.32. The lowest BCUT2D eigenvalue weighted by Crippen LogP contribution is -2.45. The third-order valence-corrected chi connectivity index (χ3v) is 3.95. The van der Waals surface area contributed by atoms with Crippen LogP contribution < -0.4 is 5.32 Å². The summed E-state index contributed by atoms with van der Waals surface area (Å²) < 4.78 is 5.38. The van der Waals surface area contributed by atoms with Crippen LogP contribution in [0.5, 0.6) is 0 Å². The highest BCUT2D eigenvalue weighted by atomic mass is 16.6. The Kier molecular flexibility index (Phi) is 4.87. The Morgan fingerprint density at radius 2 is 2.22 bits per heavy atom. The van der Waals surface area contributed by atoms with Crippen LogP contribution in [0.25, 0.3) is 0 Å². The lowest BCUT2D eigenvalue weighted by molar-refractivity contribution is 0.0753. The van der Waals surface area contributed by atoms with Crippen molar-refractivity contribution in [3.8, 4) is 0 Å². The molecule has 0 saturated carbocycles. The van der Waals surface area contributed by atoms with Crippen molar-refractivity contribution in [3.63, 3.8) is 0 Å². The molecule has 4 heteroatoms. The maximum atomic E-state index is 12.1. The highest BCUT2D eigenvalue weighted by Gasteiger charge is 2.35. The van der Waals surface area contributed by atoms with Gasteiger partial charge < -0.3 is 15.0 Å². The summed E-state index contributed by atoms with van der Waals surface area (Å²) in [5.41, 5.74) is 0. The van der Waals surface area contributed by atoms with E-state index >= 15 is 0 Å². The van der Waals surface area contributed by atoms with Crippen molar-refractivity contribution in [3.05, 3.63) is 0 Å². The molecular formula is C14H26N2O2. The number of carbonyl (C=O) groups excluding carboxylic acids is 1. The molecule has 0 aromatic carbocycles. The molecule has 1 N–H and O–H groups in total. The Labute approximate surface area is 110 Å². The number of nitrogens with one attached hydrogen (secondary N) is 1. The lowest BCUT2D eigenvalue weighted by atomic mass is 9.90. The van der Waals surface area contributed by atoms with Gasteiger partial charge in [-0.15, -0.1) is 0 Å². The summed E-state index contributed by atoms with van der Waals surface area (Å²) in [6.07, 6.45) is 4.64. The highest BCUT2D eigenvalue weighted by Crippen LogP contribution is 2.28. The highest BCUT2D eigenvalue weighted by molar-refractivity contribution is 5.68.